The Morgan fingerprint density at radius 2 is 0.652 bits per heavy atom. The number of unbranched alkanes of at least 4 members (excludes halogenated alkanes) is 27. The summed E-state index contributed by atoms with van der Waals surface area (Å²) >= 11 is 0. The van der Waals surface area contributed by atoms with Gasteiger partial charge in [0.25, 0.3) is 0 Å². The van der Waals surface area contributed by atoms with Gasteiger partial charge in [0.15, 0.2) is 0 Å². The zero-order chi connectivity index (χ0) is 33.9. The van der Waals surface area contributed by atoms with Crippen LogP contribution in [0.5, 0.6) is 0 Å². The Labute approximate surface area is 289 Å². The minimum atomic E-state index is -4.29. The maximum atomic E-state index is 11.7. The van der Waals surface area contributed by atoms with Crippen molar-refractivity contribution in [2.24, 2.45) is 0 Å². The van der Waals surface area contributed by atoms with Crippen molar-refractivity contribution in [1.82, 2.24) is 0 Å². The van der Waals surface area contributed by atoms with Crippen LogP contribution < -0.4 is 0 Å². The molecule has 0 aliphatic heterocycles. The van der Waals surface area contributed by atoms with Gasteiger partial charge in [0.05, 0.1) is 5.75 Å². The quantitative estimate of drug-likeness (QED) is 0.0380. The summed E-state index contributed by atoms with van der Waals surface area (Å²) in [5.41, 5.74) is 0. The number of allylic oxidation sites excluding steroid dienone is 3. The van der Waals surface area contributed by atoms with Gasteiger partial charge in [-0.2, -0.15) is 0 Å². The molecule has 0 heterocycles. The molecular weight excluding hydrogens is 587 g/mol. The van der Waals surface area contributed by atoms with Crippen LogP contribution in [-0.4, -0.2) is 29.8 Å². The van der Waals surface area contributed by atoms with Gasteiger partial charge in [-0.25, -0.2) is 12.9 Å². The summed E-state index contributed by atoms with van der Waals surface area (Å²) in [6.45, 7) is 7.06. The second-order valence-corrected chi connectivity index (χ2v) is 15.5. The van der Waals surface area contributed by atoms with Crippen molar-refractivity contribution in [3.63, 3.8) is 0 Å². The van der Waals surface area contributed by atoms with Crippen molar-refractivity contribution in [3.8, 4) is 0 Å². The molecule has 0 aromatic heterocycles. The summed E-state index contributed by atoms with van der Waals surface area (Å²) in [7, 11) is -4.29. The van der Waals surface area contributed by atoms with Crippen molar-refractivity contribution in [2.45, 2.75) is 213 Å². The van der Waals surface area contributed by atoms with E-state index in [1.807, 2.05) is 0 Å². The highest BCUT2D eigenvalue weighted by Gasteiger charge is 2.20. The summed E-state index contributed by atoms with van der Waals surface area (Å²) in [5, 5.41) is 0. The lowest BCUT2D eigenvalue weighted by Gasteiger charge is -2.27. The molecule has 0 amide bonds. The lowest BCUT2D eigenvalue weighted by atomic mass is 10.1. The Hall–Kier alpha value is -0.910. The molecule has 0 aliphatic carbocycles. The Bertz CT molecular complexity index is 739. The fourth-order valence-corrected chi connectivity index (χ4v) is 6.71. The third-order valence-electron chi connectivity index (χ3n) is 9.30. The molecule has 0 saturated heterocycles. The molecule has 46 heavy (non-hydrogen) atoms. The van der Waals surface area contributed by atoms with Crippen LogP contribution in [0, 0.1) is 0 Å². The summed E-state index contributed by atoms with van der Waals surface area (Å²) in [4.78, 5) is 0. The van der Waals surface area contributed by atoms with Crippen LogP contribution in [0.25, 0.3) is 0 Å². The average molecular weight is 666 g/mol. The summed E-state index contributed by atoms with van der Waals surface area (Å²) in [6, 6.07) is 0. The highest BCUT2D eigenvalue weighted by atomic mass is 32.2. The van der Waals surface area contributed by atoms with Gasteiger partial charge in [-0.05, 0) is 56.8 Å². The lowest BCUT2D eigenvalue weighted by Crippen LogP contribution is -2.35. The maximum Gasteiger partial charge on any atom is 0.104 e. The van der Waals surface area contributed by atoms with E-state index in [0.717, 1.165) is 38.5 Å². The standard InChI is InChI=1S/C41H79NO3S/c1-4-7-10-13-16-19-22-25-28-31-34-37-42(40-41-46(43,44)45,38-35-32-29-26-23-20-17-14-11-8-5-2)39-36-33-30-27-24-21-18-15-12-9-6-3/h34-39H,4-33,40-41H2,1-3H3/b37-34+,38-35+,39-36+. The van der Waals surface area contributed by atoms with Crippen LogP contribution in [0.3, 0.4) is 0 Å². The lowest BCUT2D eigenvalue weighted by molar-refractivity contribution is -0.770. The first-order chi connectivity index (χ1) is 22.4. The van der Waals surface area contributed by atoms with Crippen LogP contribution in [0.4, 0.5) is 0 Å². The molecule has 0 fully saturated rings. The predicted molar refractivity (Wildman–Crippen MR) is 203 cm³/mol. The van der Waals surface area contributed by atoms with Crippen LogP contribution in [0.1, 0.15) is 213 Å². The van der Waals surface area contributed by atoms with Crippen molar-refractivity contribution >= 4 is 10.1 Å². The average Bonchev–Trinajstić information content (AvgIpc) is 3.03. The van der Waals surface area contributed by atoms with E-state index in [-0.39, 0.29) is 12.3 Å². The molecule has 0 radical (unpaired) electrons. The highest BCUT2D eigenvalue weighted by molar-refractivity contribution is 7.85. The topological polar surface area (TPSA) is 57.2 Å². The maximum absolute atomic E-state index is 11.7. The van der Waals surface area contributed by atoms with Gasteiger partial charge >= 0.3 is 0 Å². The number of nitrogens with zero attached hydrogens (tertiary/aromatic N) is 1. The fourth-order valence-electron chi connectivity index (χ4n) is 6.17. The Morgan fingerprint density at radius 3 is 0.891 bits per heavy atom. The molecule has 0 aromatic carbocycles. The third-order valence-corrected chi connectivity index (χ3v) is 9.98. The predicted octanol–water partition coefficient (Wildman–Crippen LogP) is 13.7. The van der Waals surface area contributed by atoms with Gasteiger partial charge in [0.1, 0.15) is 35.3 Å². The first kappa shape index (κ1) is 45.1. The molecule has 4 nitrogen and oxygen atoms in total. The molecule has 0 aliphatic rings. The number of quaternary nitrogens is 1. The zero-order valence-corrected chi connectivity index (χ0v) is 32.0. The van der Waals surface area contributed by atoms with E-state index >= 15 is 0 Å². The van der Waals surface area contributed by atoms with E-state index in [0.29, 0.717) is 4.48 Å². The van der Waals surface area contributed by atoms with Crippen LogP contribution in [0.2, 0.25) is 0 Å². The highest BCUT2D eigenvalue weighted by Crippen LogP contribution is 2.19. The second-order valence-electron chi connectivity index (χ2n) is 14.0. The second kappa shape index (κ2) is 34.0. The Morgan fingerprint density at radius 1 is 0.413 bits per heavy atom. The van der Waals surface area contributed by atoms with Crippen molar-refractivity contribution in [2.75, 3.05) is 12.3 Å². The van der Waals surface area contributed by atoms with E-state index in [1.54, 1.807) is 0 Å². The number of hydrogen-bond donors (Lipinski definition) is 0. The summed E-state index contributed by atoms with van der Waals surface area (Å²) < 4.78 is 35.5. The first-order valence-electron chi connectivity index (χ1n) is 20.2. The SMILES string of the molecule is CCCCCCCCCCC/C=C/[N+](/C=C/CCCCCCCCCCC)(/C=C/CCCCCCCCCCC)CCS(=O)(=O)[O-]. The molecule has 0 spiro atoms. The van der Waals surface area contributed by atoms with E-state index in [2.05, 4.69) is 57.6 Å². The largest absolute Gasteiger partial charge is 0.748 e. The van der Waals surface area contributed by atoms with Crippen molar-refractivity contribution < 1.29 is 17.5 Å². The molecule has 272 valence electrons. The monoisotopic (exact) mass is 666 g/mol. The van der Waals surface area contributed by atoms with Gasteiger partial charge in [-0.1, -0.05) is 175 Å². The molecule has 0 rings (SSSR count). The smallest absolute Gasteiger partial charge is 0.104 e. The van der Waals surface area contributed by atoms with E-state index in [9.17, 15) is 13.0 Å². The molecule has 0 saturated carbocycles. The fraction of sp³-hybridized carbons (Fsp3) is 0.854. The van der Waals surface area contributed by atoms with Gasteiger partial charge < -0.3 is 4.55 Å². The van der Waals surface area contributed by atoms with Gasteiger partial charge in [-0.3, -0.25) is 0 Å². The number of rotatable bonds is 36. The van der Waals surface area contributed by atoms with Gasteiger partial charge in [0.2, 0.25) is 0 Å². The molecule has 0 N–H and O–H groups in total. The van der Waals surface area contributed by atoms with Gasteiger partial charge in [0, 0.05) is 0 Å². The van der Waals surface area contributed by atoms with Gasteiger partial charge in [-0.15, -0.1) is 0 Å². The Kier molecular flexibility index (Phi) is 33.3. The molecular formula is C41H79NO3S. The van der Waals surface area contributed by atoms with Crippen molar-refractivity contribution in [1.29, 1.82) is 0 Å². The molecule has 5 heteroatoms. The number of hydrogen-bond acceptors (Lipinski definition) is 3. The normalized spacial score (nSPS) is 12.9. The minimum Gasteiger partial charge on any atom is -0.748 e. The minimum absolute atomic E-state index is 0.266. The van der Waals surface area contributed by atoms with Crippen LogP contribution in [-0.2, 0) is 10.1 Å². The van der Waals surface area contributed by atoms with Crippen LogP contribution in [0.15, 0.2) is 36.8 Å². The molecule has 0 atom stereocenters. The summed E-state index contributed by atoms with van der Waals surface area (Å²) in [6.07, 6.45) is 51.5. The zero-order valence-electron chi connectivity index (χ0n) is 31.2. The van der Waals surface area contributed by atoms with Crippen LogP contribution >= 0.6 is 0 Å². The third kappa shape index (κ3) is 33.0. The summed E-state index contributed by atoms with van der Waals surface area (Å²) in [5.74, 6) is -0.347. The van der Waals surface area contributed by atoms with E-state index in [1.165, 1.54) is 154 Å². The van der Waals surface area contributed by atoms with E-state index in [4.69, 9.17) is 0 Å². The van der Waals surface area contributed by atoms with Crippen molar-refractivity contribution in [3.05, 3.63) is 36.8 Å². The Balaban J connectivity index is 5.03. The molecule has 0 unspecified atom stereocenters. The first-order valence-corrected chi connectivity index (χ1v) is 21.8. The van der Waals surface area contributed by atoms with E-state index < -0.39 is 10.1 Å². The molecule has 0 bridgehead atoms. The molecule has 0 aromatic rings.